The maximum absolute atomic E-state index is 12.8. The van der Waals surface area contributed by atoms with Gasteiger partial charge >= 0.3 is 0 Å². The van der Waals surface area contributed by atoms with Gasteiger partial charge in [0.1, 0.15) is 0 Å². The van der Waals surface area contributed by atoms with Crippen LogP contribution in [0.25, 0.3) is 44.8 Å². The predicted molar refractivity (Wildman–Crippen MR) is 180 cm³/mol. The topological polar surface area (TPSA) is 78.1 Å². The van der Waals surface area contributed by atoms with Gasteiger partial charge in [-0.25, -0.2) is 0 Å². The Morgan fingerprint density at radius 1 is 0.457 bits per heavy atom. The number of hydrogen-bond acceptors (Lipinski definition) is 4. The lowest BCUT2D eigenvalue weighted by atomic mass is 9.94. The Bertz CT molecular complexity index is 2090. The van der Waals surface area contributed by atoms with Crippen LogP contribution in [-0.4, -0.2) is 32.5 Å². The zero-order valence-electron chi connectivity index (χ0n) is 25.9. The van der Waals surface area contributed by atoms with E-state index in [0.29, 0.717) is 33.6 Å². The van der Waals surface area contributed by atoms with Crippen molar-refractivity contribution < 1.29 is 19.2 Å². The van der Waals surface area contributed by atoms with Crippen molar-refractivity contribution in [3.63, 3.8) is 0 Å². The van der Waals surface area contributed by atoms with Crippen molar-refractivity contribution in [2.45, 2.75) is 27.7 Å². The van der Waals surface area contributed by atoms with E-state index in [0.717, 1.165) is 44.8 Å². The molecular formula is C40H30N2O4. The summed E-state index contributed by atoms with van der Waals surface area (Å²) in [6, 6.07) is 34.7. The van der Waals surface area contributed by atoms with Crippen LogP contribution in [0.15, 0.2) is 109 Å². The van der Waals surface area contributed by atoms with E-state index in [1.54, 1.807) is 23.0 Å². The monoisotopic (exact) mass is 602 g/mol. The summed E-state index contributed by atoms with van der Waals surface area (Å²) in [7, 11) is 0. The third-order valence-corrected chi connectivity index (χ3v) is 8.88. The highest BCUT2D eigenvalue weighted by Crippen LogP contribution is 2.46. The van der Waals surface area contributed by atoms with Gasteiger partial charge in [-0.1, -0.05) is 97.1 Å². The fourth-order valence-corrected chi connectivity index (χ4v) is 7.03. The molecule has 0 saturated heterocycles. The summed E-state index contributed by atoms with van der Waals surface area (Å²) in [6.45, 7) is 6.80. The van der Waals surface area contributed by atoms with Crippen molar-refractivity contribution in [1.82, 2.24) is 9.13 Å². The molecule has 0 N–H and O–H groups in total. The Hall–Kier alpha value is -5.88. The Morgan fingerprint density at radius 3 is 1.09 bits per heavy atom. The first-order chi connectivity index (χ1) is 22.2. The van der Waals surface area contributed by atoms with Crippen LogP contribution in [0.1, 0.15) is 66.7 Å². The molecule has 4 heterocycles. The van der Waals surface area contributed by atoms with E-state index < -0.39 is 0 Å². The normalized spacial score (nSPS) is 12.2. The van der Waals surface area contributed by atoms with Crippen molar-refractivity contribution >= 4 is 23.4 Å². The average Bonchev–Trinajstić information content (AvgIpc) is 3.75. The lowest BCUT2D eigenvalue weighted by Crippen LogP contribution is -2.09. The van der Waals surface area contributed by atoms with Crippen LogP contribution in [0, 0.1) is 13.8 Å². The molecule has 8 rings (SSSR count). The van der Waals surface area contributed by atoms with E-state index in [-0.39, 0.29) is 23.4 Å². The minimum atomic E-state index is -0.0576. The Morgan fingerprint density at radius 2 is 0.761 bits per heavy atom. The minimum absolute atomic E-state index is 0.0199. The van der Waals surface area contributed by atoms with E-state index in [1.165, 1.54) is 0 Å². The number of hydrogen-bond donors (Lipinski definition) is 0. The molecule has 0 fully saturated rings. The van der Waals surface area contributed by atoms with E-state index in [9.17, 15) is 19.2 Å². The van der Waals surface area contributed by atoms with Crippen molar-refractivity contribution in [3.8, 4) is 44.8 Å². The average molecular weight is 603 g/mol. The van der Waals surface area contributed by atoms with Gasteiger partial charge < -0.3 is 0 Å². The largest absolute Gasteiger partial charge is 0.294 e. The molecular weight excluding hydrogens is 572 g/mol. The summed E-state index contributed by atoms with van der Waals surface area (Å²) in [5.74, 6) is -0.155. The van der Waals surface area contributed by atoms with E-state index in [2.05, 4.69) is 0 Å². The first kappa shape index (κ1) is 28.9. The van der Waals surface area contributed by atoms with Crippen LogP contribution in [-0.2, 0) is 0 Å². The highest BCUT2D eigenvalue weighted by atomic mass is 16.2. The first-order valence-electron chi connectivity index (χ1n) is 15.1. The van der Waals surface area contributed by atoms with Crippen LogP contribution in [0.3, 0.4) is 0 Å². The van der Waals surface area contributed by atoms with Gasteiger partial charge in [0.15, 0.2) is 11.6 Å². The maximum Gasteiger partial charge on any atom is 0.263 e. The van der Waals surface area contributed by atoms with Crippen LogP contribution < -0.4 is 0 Å². The highest BCUT2D eigenvalue weighted by Gasteiger charge is 2.36. The van der Waals surface area contributed by atoms with Crippen LogP contribution in [0.4, 0.5) is 0 Å². The van der Waals surface area contributed by atoms with E-state index in [4.69, 9.17) is 0 Å². The van der Waals surface area contributed by atoms with Gasteiger partial charge in [0.25, 0.3) is 11.8 Å². The van der Waals surface area contributed by atoms with Crippen LogP contribution >= 0.6 is 0 Å². The summed E-state index contributed by atoms with van der Waals surface area (Å²) >= 11 is 0. The third kappa shape index (κ3) is 4.18. The molecule has 224 valence electrons. The second kappa shape index (κ2) is 10.9. The summed E-state index contributed by atoms with van der Waals surface area (Å²) < 4.78 is 3.37. The summed E-state index contributed by atoms with van der Waals surface area (Å²) in [5.41, 5.74) is 11.2. The Balaban J connectivity index is 0.000000147. The van der Waals surface area contributed by atoms with Gasteiger partial charge in [-0.05, 0) is 51.0 Å². The second-order valence-electron chi connectivity index (χ2n) is 11.6. The van der Waals surface area contributed by atoms with Crippen molar-refractivity contribution in [2.75, 3.05) is 0 Å². The molecule has 0 saturated carbocycles. The molecule has 0 unspecified atom stereocenters. The van der Waals surface area contributed by atoms with Crippen molar-refractivity contribution in [2.24, 2.45) is 0 Å². The smallest absolute Gasteiger partial charge is 0.263 e. The zero-order chi connectivity index (χ0) is 32.3. The Kier molecular flexibility index (Phi) is 6.86. The summed E-state index contributed by atoms with van der Waals surface area (Å²) in [5, 5.41) is 0. The van der Waals surface area contributed by atoms with E-state index in [1.807, 2.05) is 123 Å². The molecule has 0 amide bonds. The number of carbonyl (C=O) groups excluding carboxylic acids is 4. The maximum atomic E-state index is 12.8. The molecule has 0 radical (unpaired) electrons. The molecule has 0 bridgehead atoms. The lowest BCUT2D eigenvalue weighted by Gasteiger charge is -2.06. The SMILES string of the molecule is CC(=O)c1c(-c2ccccc2)c2n(c1C)C(=O)c1ccccc1-2.CC(=O)c1c(-c2ccccc2)c2n(c1C)C(=O)c1ccccc1-2. The molecule has 6 heteroatoms. The molecule has 2 aliphatic heterocycles. The molecule has 2 aromatic heterocycles. The van der Waals surface area contributed by atoms with Gasteiger partial charge in [-0.3, -0.25) is 28.3 Å². The number of nitrogens with zero attached hydrogens (tertiary/aromatic N) is 2. The Labute approximate surface area is 266 Å². The zero-order valence-corrected chi connectivity index (χ0v) is 25.9. The number of rotatable bonds is 4. The molecule has 0 spiro atoms. The molecule has 6 nitrogen and oxygen atoms in total. The van der Waals surface area contributed by atoms with Gasteiger partial charge in [0, 0.05) is 55.9 Å². The van der Waals surface area contributed by atoms with Gasteiger partial charge in [-0.15, -0.1) is 0 Å². The van der Waals surface area contributed by atoms with Crippen LogP contribution in [0.5, 0.6) is 0 Å². The summed E-state index contributed by atoms with van der Waals surface area (Å²) in [4.78, 5) is 50.1. The quantitative estimate of drug-likeness (QED) is 0.189. The fraction of sp³-hybridized carbons (Fsp3) is 0.100. The second-order valence-corrected chi connectivity index (χ2v) is 11.6. The molecule has 2 aliphatic rings. The highest BCUT2D eigenvalue weighted by molar-refractivity contribution is 6.18. The number of fused-ring (bicyclic) bond motifs is 6. The summed E-state index contributed by atoms with van der Waals surface area (Å²) in [6.07, 6.45) is 0. The standard InChI is InChI=1S/2C20H15NO2/c2*1-12-17(13(2)22)18(14-8-4-3-5-9-14)19-15-10-6-7-11-16(15)20(23)21(12)19/h2*3-11H,1-2H3. The van der Waals surface area contributed by atoms with Gasteiger partial charge in [-0.2, -0.15) is 0 Å². The lowest BCUT2D eigenvalue weighted by molar-refractivity contribution is 0.0957. The number of carbonyl (C=O) groups is 4. The molecule has 6 aromatic rings. The molecule has 4 aromatic carbocycles. The van der Waals surface area contributed by atoms with Gasteiger partial charge in [0.2, 0.25) is 0 Å². The number of ketones is 2. The van der Waals surface area contributed by atoms with Crippen molar-refractivity contribution in [1.29, 1.82) is 0 Å². The first-order valence-corrected chi connectivity index (χ1v) is 15.1. The number of aromatic nitrogens is 2. The number of benzene rings is 4. The van der Waals surface area contributed by atoms with Crippen molar-refractivity contribution in [3.05, 3.63) is 143 Å². The number of Topliss-reactive ketones (excluding diaryl/α,β-unsaturated/α-hetero) is 2. The molecule has 0 atom stereocenters. The van der Waals surface area contributed by atoms with Gasteiger partial charge in [0.05, 0.1) is 11.4 Å². The molecule has 0 aliphatic carbocycles. The minimum Gasteiger partial charge on any atom is -0.294 e. The molecule has 46 heavy (non-hydrogen) atoms. The van der Waals surface area contributed by atoms with E-state index >= 15 is 0 Å². The van der Waals surface area contributed by atoms with Crippen LogP contribution in [0.2, 0.25) is 0 Å². The predicted octanol–water partition coefficient (Wildman–Crippen LogP) is 8.67. The fourth-order valence-electron chi connectivity index (χ4n) is 7.03. The third-order valence-electron chi connectivity index (χ3n) is 8.88.